The van der Waals surface area contributed by atoms with Crippen LogP contribution in [0.5, 0.6) is 0 Å². The lowest BCUT2D eigenvalue weighted by molar-refractivity contribution is 0.155. The molecule has 1 saturated heterocycles. The summed E-state index contributed by atoms with van der Waals surface area (Å²) in [5.74, 6) is 0.819. The van der Waals surface area contributed by atoms with Crippen LogP contribution in [0.4, 0.5) is 0 Å². The zero-order valence-electron chi connectivity index (χ0n) is 7.22. The van der Waals surface area contributed by atoms with Crippen molar-refractivity contribution in [2.45, 2.75) is 18.4 Å². The van der Waals surface area contributed by atoms with E-state index in [0.29, 0.717) is 4.67 Å². The molecule has 1 unspecified atom stereocenters. The van der Waals surface area contributed by atoms with E-state index in [1.165, 1.54) is 0 Å². The van der Waals surface area contributed by atoms with Crippen molar-refractivity contribution in [1.82, 2.24) is 5.32 Å². The molecule has 1 aliphatic heterocycles. The number of nitrogens with one attached hydrogen (secondary N) is 1. The number of furan rings is 1. The van der Waals surface area contributed by atoms with Gasteiger partial charge in [-0.2, -0.15) is 0 Å². The highest BCUT2D eigenvalue weighted by Crippen LogP contribution is 2.32. The lowest BCUT2D eigenvalue weighted by Gasteiger charge is -2.24. The molecule has 3 nitrogen and oxygen atoms in total. The van der Waals surface area contributed by atoms with Gasteiger partial charge in [0.2, 0.25) is 0 Å². The van der Waals surface area contributed by atoms with Gasteiger partial charge in [-0.15, -0.1) is 0 Å². The van der Waals surface area contributed by atoms with E-state index >= 15 is 0 Å². The number of hydrogen-bond acceptors (Lipinski definition) is 3. The molecule has 72 valence electrons. The van der Waals surface area contributed by atoms with Gasteiger partial charge in [-0.1, -0.05) is 0 Å². The van der Waals surface area contributed by atoms with Gasteiger partial charge in [0.25, 0.3) is 0 Å². The maximum Gasteiger partial charge on any atom is 0.169 e. The molecule has 13 heavy (non-hydrogen) atoms. The van der Waals surface area contributed by atoms with Crippen LogP contribution < -0.4 is 5.32 Å². The first-order valence-electron chi connectivity index (χ1n) is 4.38. The van der Waals surface area contributed by atoms with Crippen LogP contribution in [0, 0.1) is 0 Å². The molecule has 1 aromatic rings. The van der Waals surface area contributed by atoms with Crippen molar-refractivity contribution in [2.24, 2.45) is 0 Å². The third-order valence-corrected chi connectivity index (χ3v) is 2.98. The van der Waals surface area contributed by atoms with Gasteiger partial charge in [0.1, 0.15) is 11.3 Å². The second kappa shape index (κ2) is 3.44. The average Bonchev–Trinajstić information content (AvgIpc) is 2.73. The van der Waals surface area contributed by atoms with Crippen molar-refractivity contribution < 1.29 is 9.52 Å². The number of aliphatic hydroxyl groups excluding tert-OH is 1. The predicted octanol–water partition coefficient (Wildman–Crippen LogP) is 1.61. The number of rotatable bonds is 2. The Labute approximate surface area is 85.3 Å². The number of hydrogen-bond donors (Lipinski definition) is 2. The van der Waals surface area contributed by atoms with E-state index in [0.717, 1.165) is 25.1 Å². The molecule has 0 amide bonds. The molecule has 0 aliphatic carbocycles. The molecule has 1 aromatic heterocycles. The fourth-order valence-electron chi connectivity index (χ4n) is 1.80. The van der Waals surface area contributed by atoms with Crippen LogP contribution in [0.3, 0.4) is 0 Å². The molecule has 2 heterocycles. The third kappa shape index (κ3) is 1.54. The van der Waals surface area contributed by atoms with E-state index in [1.807, 2.05) is 12.1 Å². The van der Waals surface area contributed by atoms with E-state index in [-0.39, 0.29) is 12.1 Å². The van der Waals surface area contributed by atoms with Crippen LogP contribution >= 0.6 is 15.9 Å². The lowest BCUT2D eigenvalue weighted by atomic mass is 9.96. The highest BCUT2D eigenvalue weighted by Gasteiger charge is 2.37. The molecule has 2 N–H and O–H groups in total. The molecular formula is C9H12BrNO2. The van der Waals surface area contributed by atoms with Gasteiger partial charge in [-0.3, -0.25) is 0 Å². The zero-order chi connectivity index (χ0) is 9.31. The van der Waals surface area contributed by atoms with E-state index in [9.17, 15) is 5.11 Å². The Balaban J connectivity index is 2.30. The van der Waals surface area contributed by atoms with Gasteiger partial charge in [0.05, 0.1) is 6.61 Å². The first-order chi connectivity index (χ1) is 6.27. The minimum absolute atomic E-state index is 0.0902. The van der Waals surface area contributed by atoms with Crippen LogP contribution in [0.15, 0.2) is 21.2 Å². The SMILES string of the molecule is OCC1(c2ccc(Br)o2)CCCN1. The summed E-state index contributed by atoms with van der Waals surface area (Å²) >= 11 is 3.26. The van der Waals surface area contributed by atoms with Crippen molar-refractivity contribution >= 4 is 15.9 Å². The van der Waals surface area contributed by atoms with Crippen molar-refractivity contribution in [1.29, 1.82) is 0 Å². The summed E-state index contributed by atoms with van der Waals surface area (Å²) in [6, 6.07) is 3.76. The van der Waals surface area contributed by atoms with Gasteiger partial charge in [0.15, 0.2) is 4.67 Å². The summed E-state index contributed by atoms with van der Waals surface area (Å²) in [7, 11) is 0. The number of halogens is 1. The molecule has 0 bridgehead atoms. The monoisotopic (exact) mass is 245 g/mol. The molecular weight excluding hydrogens is 234 g/mol. The maximum absolute atomic E-state index is 9.34. The topological polar surface area (TPSA) is 45.4 Å². The molecule has 1 atom stereocenters. The van der Waals surface area contributed by atoms with Crippen LogP contribution in [0.2, 0.25) is 0 Å². The van der Waals surface area contributed by atoms with Gasteiger partial charge >= 0.3 is 0 Å². The van der Waals surface area contributed by atoms with Crippen molar-refractivity contribution in [3.63, 3.8) is 0 Å². The third-order valence-electron chi connectivity index (χ3n) is 2.56. The van der Waals surface area contributed by atoms with E-state index in [1.54, 1.807) is 0 Å². The Hall–Kier alpha value is -0.320. The first kappa shape index (κ1) is 9.24. The first-order valence-corrected chi connectivity index (χ1v) is 5.18. The van der Waals surface area contributed by atoms with E-state index in [2.05, 4.69) is 21.2 Å². The Kier molecular flexibility index (Phi) is 2.45. The van der Waals surface area contributed by atoms with Gasteiger partial charge in [0, 0.05) is 0 Å². The Morgan fingerprint density at radius 3 is 2.92 bits per heavy atom. The standard InChI is InChI=1S/C9H12BrNO2/c10-8-3-2-7(13-8)9(6-12)4-1-5-11-9/h2-3,11-12H,1,4-6H2. The van der Waals surface area contributed by atoms with E-state index in [4.69, 9.17) is 4.42 Å². The van der Waals surface area contributed by atoms with Crippen LogP contribution in [-0.4, -0.2) is 18.3 Å². The summed E-state index contributed by atoms with van der Waals surface area (Å²) in [5.41, 5.74) is -0.341. The summed E-state index contributed by atoms with van der Waals surface area (Å²) in [6.45, 7) is 1.03. The second-order valence-corrected chi connectivity index (χ2v) is 4.16. The summed E-state index contributed by atoms with van der Waals surface area (Å²) in [5, 5.41) is 12.6. The van der Waals surface area contributed by atoms with Gasteiger partial charge < -0.3 is 14.8 Å². The fraction of sp³-hybridized carbons (Fsp3) is 0.556. The zero-order valence-corrected chi connectivity index (χ0v) is 8.80. The molecule has 0 aromatic carbocycles. The highest BCUT2D eigenvalue weighted by molar-refractivity contribution is 9.10. The molecule has 1 aliphatic rings. The quantitative estimate of drug-likeness (QED) is 0.833. The number of aliphatic hydroxyl groups is 1. The average molecular weight is 246 g/mol. The summed E-state index contributed by atoms with van der Waals surface area (Å²) in [4.78, 5) is 0. The van der Waals surface area contributed by atoms with E-state index < -0.39 is 0 Å². The molecule has 0 spiro atoms. The minimum Gasteiger partial charge on any atom is -0.452 e. The summed E-state index contributed by atoms with van der Waals surface area (Å²) < 4.78 is 6.17. The van der Waals surface area contributed by atoms with Gasteiger partial charge in [-0.05, 0) is 47.4 Å². The van der Waals surface area contributed by atoms with Gasteiger partial charge in [-0.25, -0.2) is 0 Å². The fourth-order valence-corrected chi connectivity index (χ4v) is 2.11. The molecule has 0 saturated carbocycles. The second-order valence-electron chi connectivity index (χ2n) is 3.37. The Morgan fingerprint density at radius 1 is 1.62 bits per heavy atom. The summed E-state index contributed by atoms with van der Waals surface area (Å²) in [6.07, 6.45) is 2.02. The van der Waals surface area contributed by atoms with Crippen molar-refractivity contribution in [3.8, 4) is 0 Å². The van der Waals surface area contributed by atoms with Crippen LogP contribution in [-0.2, 0) is 5.54 Å². The molecule has 0 radical (unpaired) electrons. The normalized spacial score (nSPS) is 28.2. The van der Waals surface area contributed by atoms with Crippen LogP contribution in [0.25, 0.3) is 0 Å². The van der Waals surface area contributed by atoms with Crippen molar-refractivity contribution in [3.05, 3.63) is 22.6 Å². The highest BCUT2D eigenvalue weighted by atomic mass is 79.9. The van der Waals surface area contributed by atoms with Crippen LogP contribution in [0.1, 0.15) is 18.6 Å². The lowest BCUT2D eigenvalue weighted by Crippen LogP contribution is -2.39. The molecule has 4 heteroatoms. The Morgan fingerprint density at radius 2 is 2.46 bits per heavy atom. The minimum atomic E-state index is -0.341. The maximum atomic E-state index is 9.34. The Bertz CT molecular complexity index is 292. The smallest absolute Gasteiger partial charge is 0.169 e. The predicted molar refractivity (Wildman–Crippen MR) is 52.4 cm³/mol. The molecule has 2 rings (SSSR count). The molecule has 1 fully saturated rings. The largest absolute Gasteiger partial charge is 0.452 e. The van der Waals surface area contributed by atoms with Crippen molar-refractivity contribution in [2.75, 3.05) is 13.2 Å².